The average Bonchev–Trinajstić information content (AvgIpc) is 3.25. The summed E-state index contributed by atoms with van der Waals surface area (Å²) in [5.41, 5.74) is 11.0. The van der Waals surface area contributed by atoms with Crippen LogP contribution in [0.4, 0.5) is 5.69 Å². The van der Waals surface area contributed by atoms with E-state index in [1.807, 2.05) is 5.57 Å². The molecule has 1 heterocycles. The van der Waals surface area contributed by atoms with Gasteiger partial charge in [0.25, 0.3) is 0 Å². The third-order valence-electron chi connectivity index (χ3n) is 14.0. The fourth-order valence-electron chi connectivity index (χ4n) is 10.4. The van der Waals surface area contributed by atoms with Crippen LogP contribution >= 0.6 is 0 Å². The number of anilines is 1. The third-order valence-corrected chi connectivity index (χ3v) is 14.0. The summed E-state index contributed by atoms with van der Waals surface area (Å²) in [5, 5.41) is 2.71. The second-order valence-corrected chi connectivity index (χ2v) is 17.6. The second kappa shape index (κ2) is 20.5. The van der Waals surface area contributed by atoms with Crippen molar-refractivity contribution in [1.29, 1.82) is 0 Å². The van der Waals surface area contributed by atoms with E-state index in [0.717, 1.165) is 38.3 Å². The summed E-state index contributed by atoms with van der Waals surface area (Å²) in [7, 11) is 0. The highest BCUT2D eigenvalue weighted by Crippen LogP contribution is 2.44. The summed E-state index contributed by atoms with van der Waals surface area (Å²) < 4.78 is 0. The predicted molar refractivity (Wildman–Crippen MR) is 243 cm³/mol. The van der Waals surface area contributed by atoms with Crippen LogP contribution in [0, 0.1) is 35.5 Å². The van der Waals surface area contributed by atoms with E-state index in [9.17, 15) is 0 Å². The maximum Gasteiger partial charge on any atom is 0.0451 e. The van der Waals surface area contributed by atoms with Gasteiger partial charge in [0.15, 0.2) is 0 Å². The van der Waals surface area contributed by atoms with Crippen LogP contribution in [-0.2, 0) is 0 Å². The normalized spacial score (nSPS) is 28.5. The molecule has 2 aromatic rings. The van der Waals surface area contributed by atoms with Gasteiger partial charge in [-0.2, -0.15) is 0 Å². The Hall–Kier alpha value is -3.58. The summed E-state index contributed by atoms with van der Waals surface area (Å²) >= 11 is 0. The van der Waals surface area contributed by atoms with E-state index >= 15 is 0 Å². The minimum atomic E-state index is 0.542. The van der Waals surface area contributed by atoms with Gasteiger partial charge in [-0.1, -0.05) is 154 Å². The summed E-state index contributed by atoms with van der Waals surface area (Å²) in [6, 6.07) is 16.1. The molecule has 5 unspecified atom stereocenters. The third kappa shape index (κ3) is 10.4. The molecule has 3 aliphatic carbocycles. The highest BCUT2D eigenvalue weighted by atomic mass is 15.1. The van der Waals surface area contributed by atoms with Gasteiger partial charge in [-0.05, 0) is 155 Å². The van der Waals surface area contributed by atoms with E-state index in [2.05, 4.69) is 150 Å². The smallest absolute Gasteiger partial charge is 0.0451 e. The minimum absolute atomic E-state index is 0.542. The molecule has 55 heavy (non-hydrogen) atoms. The molecule has 0 saturated heterocycles. The van der Waals surface area contributed by atoms with Crippen LogP contribution in [0.1, 0.15) is 131 Å². The van der Waals surface area contributed by atoms with Crippen LogP contribution in [-0.4, -0.2) is 13.1 Å². The number of hydrogen-bond acceptors (Lipinski definition) is 1. The molecular formula is C54H73N. The Morgan fingerprint density at radius 1 is 0.909 bits per heavy atom. The Bertz CT molecular complexity index is 1810. The summed E-state index contributed by atoms with van der Waals surface area (Å²) in [4.78, 5) is 2.80. The number of allylic oxidation sites excluding steroid dienone is 13. The van der Waals surface area contributed by atoms with Crippen LogP contribution < -0.4 is 4.90 Å². The minimum Gasteiger partial charge on any atom is -0.363 e. The number of rotatable bonds is 13. The lowest BCUT2D eigenvalue weighted by Gasteiger charge is -2.38. The molecule has 294 valence electrons. The molecule has 6 atom stereocenters. The fraction of sp³-hybridized carbons (Fsp3) is 0.519. The number of hydrogen-bond donors (Lipinski definition) is 0. The molecule has 1 heteroatoms. The molecule has 0 spiro atoms. The van der Waals surface area contributed by atoms with Crippen molar-refractivity contribution in [2.45, 2.75) is 131 Å². The van der Waals surface area contributed by atoms with Gasteiger partial charge >= 0.3 is 0 Å². The Morgan fingerprint density at radius 2 is 1.75 bits per heavy atom. The Morgan fingerprint density at radius 3 is 2.51 bits per heavy atom. The zero-order chi connectivity index (χ0) is 38.6. The molecule has 1 aliphatic heterocycles. The van der Waals surface area contributed by atoms with Crippen LogP contribution in [0.5, 0.6) is 0 Å². The average molecular weight is 736 g/mol. The topological polar surface area (TPSA) is 3.24 Å². The molecule has 0 N–H and O–H groups in total. The van der Waals surface area contributed by atoms with Crippen LogP contribution in [0.15, 0.2) is 137 Å². The molecule has 6 rings (SSSR count). The van der Waals surface area contributed by atoms with Gasteiger partial charge in [-0.15, -0.1) is 0 Å². The molecule has 0 bridgehead atoms. The molecular weight excluding hydrogens is 663 g/mol. The standard InChI is InChI=1S/C54H73N/c1-7-10-21-43(19-8-2)41(5)31-32-47(20-9-3)53-39-55(54-29-18-25-48-24-14-15-27-51(48)54)38-49(33-30-40(4)42(6)50-26-16-17-28-52(50)53)46-36-34-45(35-37-46)44-22-12-11-13-23-44/h7,10-12,14-15,18,24-25,27,29-31,33-34,36-37,42-45,47,50H,8-9,13,16-17,19-23,26,28,32,35,38-39H2,1-6H3/b10-7-,40-30+,41-31+,49-33+,53-52+/t42?,43?,44-,45?,47?,50?/m1/s1. The monoisotopic (exact) mass is 736 g/mol. The maximum atomic E-state index is 2.80. The van der Waals surface area contributed by atoms with E-state index in [-0.39, 0.29) is 0 Å². The Labute approximate surface area is 336 Å². The van der Waals surface area contributed by atoms with Crippen molar-refractivity contribution in [2.75, 3.05) is 18.0 Å². The van der Waals surface area contributed by atoms with E-state index in [4.69, 9.17) is 0 Å². The summed E-state index contributed by atoms with van der Waals surface area (Å²) in [6.45, 7) is 16.3. The maximum absolute atomic E-state index is 2.80. The molecule has 0 amide bonds. The lowest BCUT2D eigenvalue weighted by molar-refractivity contribution is 0.359. The van der Waals surface area contributed by atoms with Gasteiger partial charge in [-0.25, -0.2) is 0 Å². The fourth-order valence-corrected chi connectivity index (χ4v) is 10.4. The highest BCUT2D eigenvalue weighted by molar-refractivity contribution is 5.94. The van der Waals surface area contributed by atoms with Crippen molar-refractivity contribution in [1.82, 2.24) is 0 Å². The first-order valence-electron chi connectivity index (χ1n) is 22.5. The molecule has 1 fully saturated rings. The lowest BCUT2D eigenvalue weighted by Crippen LogP contribution is -2.33. The van der Waals surface area contributed by atoms with Crippen LogP contribution in [0.2, 0.25) is 0 Å². The van der Waals surface area contributed by atoms with Gasteiger partial charge in [0.1, 0.15) is 0 Å². The van der Waals surface area contributed by atoms with Crippen molar-refractivity contribution in [2.24, 2.45) is 35.5 Å². The van der Waals surface area contributed by atoms with Crippen molar-refractivity contribution in [3.05, 3.63) is 137 Å². The van der Waals surface area contributed by atoms with Crippen molar-refractivity contribution in [3.8, 4) is 0 Å². The van der Waals surface area contributed by atoms with E-state index in [1.54, 1.807) is 16.7 Å². The first kappa shape index (κ1) is 41.1. The zero-order valence-electron chi connectivity index (χ0n) is 35.5. The Balaban J connectivity index is 1.45. The number of benzene rings is 2. The lowest BCUT2D eigenvalue weighted by atomic mass is 9.70. The quantitative estimate of drug-likeness (QED) is 0.185. The van der Waals surface area contributed by atoms with Gasteiger partial charge in [0, 0.05) is 24.2 Å². The molecule has 1 nitrogen and oxygen atoms in total. The van der Waals surface area contributed by atoms with Crippen LogP contribution in [0.3, 0.4) is 0 Å². The predicted octanol–water partition coefficient (Wildman–Crippen LogP) is 15.6. The van der Waals surface area contributed by atoms with Gasteiger partial charge in [-0.3, -0.25) is 0 Å². The summed E-state index contributed by atoms with van der Waals surface area (Å²) in [6.07, 6.45) is 42.3. The van der Waals surface area contributed by atoms with E-state index in [0.29, 0.717) is 29.6 Å². The van der Waals surface area contributed by atoms with E-state index in [1.165, 1.54) is 98.2 Å². The SMILES string of the molecule is C/C=C\CC(CCC)/C(C)=C/CC(CCC)/C1=C2\CCCCC2C(C)/C(C)=C/C=C(/C2=CCC([C@@H]3CC=CCC3)C=C2)CN(c2cccc3ccccc23)C1. The first-order valence-corrected chi connectivity index (χ1v) is 22.5. The van der Waals surface area contributed by atoms with Gasteiger partial charge < -0.3 is 4.90 Å². The number of nitrogens with zero attached hydrogens (tertiary/aromatic N) is 1. The van der Waals surface area contributed by atoms with Crippen molar-refractivity contribution in [3.63, 3.8) is 0 Å². The molecule has 0 radical (unpaired) electrons. The zero-order valence-corrected chi connectivity index (χ0v) is 35.5. The second-order valence-electron chi connectivity index (χ2n) is 17.6. The van der Waals surface area contributed by atoms with Crippen molar-refractivity contribution >= 4 is 16.5 Å². The summed E-state index contributed by atoms with van der Waals surface area (Å²) in [5.74, 6) is 3.80. The van der Waals surface area contributed by atoms with Crippen LogP contribution in [0.25, 0.3) is 10.8 Å². The first-order chi connectivity index (χ1) is 26.9. The molecule has 2 aromatic carbocycles. The molecule has 1 saturated carbocycles. The number of fused-ring (bicyclic) bond motifs is 2. The van der Waals surface area contributed by atoms with Gasteiger partial charge in [0.05, 0.1) is 0 Å². The molecule has 0 aromatic heterocycles. The molecule has 4 aliphatic rings. The largest absolute Gasteiger partial charge is 0.363 e. The highest BCUT2D eigenvalue weighted by Gasteiger charge is 2.32. The van der Waals surface area contributed by atoms with Gasteiger partial charge in [0.2, 0.25) is 0 Å². The van der Waals surface area contributed by atoms with Crippen molar-refractivity contribution < 1.29 is 0 Å². The Kier molecular flexibility index (Phi) is 15.3. The van der Waals surface area contributed by atoms with E-state index < -0.39 is 0 Å².